The minimum absolute atomic E-state index is 0.214. The van der Waals surface area contributed by atoms with Crippen molar-refractivity contribution in [2.24, 2.45) is 11.8 Å². The third kappa shape index (κ3) is 2.88. The Morgan fingerprint density at radius 2 is 2.00 bits per heavy atom. The van der Waals surface area contributed by atoms with Gasteiger partial charge in [0.15, 0.2) is 0 Å². The van der Waals surface area contributed by atoms with Gasteiger partial charge in [-0.15, -0.1) is 0 Å². The lowest BCUT2D eigenvalue weighted by Gasteiger charge is -2.34. The summed E-state index contributed by atoms with van der Waals surface area (Å²) < 4.78 is 0. The molecule has 3 nitrogen and oxygen atoms in total. The predicted octanol–water partition coefficient (Wildman–Crippen LogP) is 3.54. The van der Waals surface area contributed by atoms with E-state index < -0.39 is 0 Å². The van der Waals surface area contributed by atoms with E-state index in [9.17, 15) is 4.79 Å². The maximum atomic E-state index is 12.9. The first kappa shape index (κ1) is 15.8. The predicted molar refractivity (Wildman–Crippen MR) is 83.3 cm³/mol. The van der Waals surface area contributed by atoms with Crippen LogP contribution in [0.3, 0.4) is 0 Å². The molecule has 2 rings (SSSR count). The Balaban J connectivity index is 2.20. The van der Waals surface area contributed by atoms with Crippen molar-refractivity contribution in [2.75, 3.05) is 0 Å². The Morgan fingerprint density at radius 3 is 2.60 bits per heavy atom. The maximum Gasteiger partial charge on any atom is 0.244 e. The first-order valence-electron chi connectivity index (χ1n) is 8.49. The van der Waals surface area contributed by atoms with E-state index in [4.69, 9.17) is 0 Å². The minimum atomic E-state index is -0.354. The summed E-state index contributed by atoms with van der Waals surface area (Å²) in [6.45, 7) is 11.0. The van der Waals surface area contributed by atoms with E-state index >= 15 is 0 Å². The molecular formula is C17H32N2O. The fourth-order valence-corrected chi connectivity index (χ4v) is 3.75. The van der Waals surface area contributed by atoms with Crippen LogP contribution < -0.4 is 5.32 Å². The van der Waals surface area contributed by atoms with Gasteiger partial charge in [-0.05, 0) is 44.4 Å². The fourth-order valence-electron chi connectivity index (χ4n) is 3.75. The van der Waals surface area contributed by atoms with Gasteiger partial charge in [-0.2, -0.15) is 0 Å². The second-order valence-corrected chi connectivity index (χ2v) is 7.50. The second-order valence-electron chi connectivity index (χ2n) is 7.50. The van der Waals surface area contributed by atoms with Crippen molar-refractivity contribution in [2.45, 2.75) is 90.9 Å². The van der Waals surface area contributed by atoms with Crippen LogP contribution in [-0.2, 0) is 4.79 Å². The van der Waals surface area contributed by atoms with Crippen LogP contribution in [0.15, 0.2) is 0 Å². The number of hydrogen-bond donors (Lipinski definition) is 1. The van der Waals surface area contributed by atoms with Crippen LogP contribution in [0.4, 0.5) is 0 Å². The van der Waals surface area contributed by atoms with Gasteiger partial charge in [0.2, 0.25) is 5.91 Å². The average molecular weight is 280 g/mol. The first-order chi connectivity index (χ1) is 9.39. The molecule has 0 aromatic rings. The maximum absolute atomic E-state index is 12.9. The molecule has 4 unspecified atom stereocenters. The Hall–Kier alpha value is -0.570. The Kier molecular flexibility index (Phi) is 4.78. The van der Waals surface area contributed by atoms with E-state index in [1.165, 1.54) is 32.1 Å². The second kappa shape index (κ2) is 6.05. The number of hydrogen-bond acceptors (Lipinski definition) is 2. The molecule has 1 aliphatic carbocycles. The molecule has 1 saturated heterocycles. The highest BCUT2D eigenvalue weighted by atomic mass is 16.2. The van der Waals surface area contributed by atoms with Crippen LogP contribution in [-0.4, -0.2) is 28.6 Å². The lowest BCUT2D eigenvalue weighted by atomic mass is 9.98. The highest BCUT2D eigenvalue weighted by Crippen LogP contribution is 2.34. The molecule has 2 fully saturated rings. The summed E-state index contributed by atoms with van der Waals surface area (Å²) in [7, 11) is 0. The molecule has 0 aromatic carbocycles. The molecule has 116 valence electrons. The van der Waals surface area contributed by atoms with Gasteiger partial charge in [0, 0.05) is 6.04 Å². The van der Waals surface area contributed by atoms with Crippen molar-refractivity contribution in [1.29, 1.82) is 0 Å². The molecule has 0 bridgehead atoms. The van der Waals surface area contributed by atoms with Gasteiger partial charge in [-0.25, -0.2) is 0 Å². The normalized spacial score (nSPS) is 39.4. The van der Waals surface area contributed by atoms with Gasteiger partial charge in [0.1, 0.15) is 0 Å². The molecule has 1 heterocycles. The molecule has 3 heteroatoms. The van der Waals surface area contributed by atoms with Gasteiger partial charge in [-0.3, -0.25) is 10.1 Å². The minimum Gasteiger partial charge on any atom is -0.322 e. The molecule has 1 amide bonds. The zero-order valence-electron chi connectivity index (χ0n) is 13.9. The van der Waals surface area contributed by atoms with Crippen molar-refractivity contribution in [1.82, 2.24) is 10.2 Å². The SMILES string of the molecule is CCC1(C)NC(C(C)C)N(C2CCCC(C)CC2)C1=O. The number of rotatable bonds is 3. The van der Waals surface area contributed by atoms with Gasteiger partial charge >= 0.3 is 0 Å². The topological polar surface area (TPSA) is 32.3 Å². The van der Waals surface area contributed by atoms with Crippen LogP contribution in [0.5, 0.6) is 0 Å². The highest BCUT2D eigenvalue weighted by molar-refractivity contribution is 5.88. The van der Waals surface area contributed by atoms with E-state index in [0.717, 1.165) is 12.3 Å². The van der Waals surface area contributed by atoms with Crippen molar-refractivity contribution in [3.05, 3.63) is 0 Å². The van der Waals surface area contributed by atoms with Gasteiger partial charge in [0.05, 0.1) is 11.7 Å². The summed E-state index contributed by atoms with van der Waals surface area (Å²) in [5, 5.41) is 3.62. The Morgan fingerprint density at radius 1 is 1.30 bits per heavy atom. The van der Waals surface area contributed by atoms with Crippen LogP contribution in [0.25, 0.3) is 0 Å². The molecule has 1 saturated carbocycles. The van der Waals surface area contributed by atoms with Crippen molar-refractivity contribution < 1.29 is 4.79 Å². The summed E-state index contributed by atoms with van der Waals surface area (Å²) in [5.41, 5.74) is -0.354. The Bertz CT molecular complexity index is 355. The third-order valence-corrected chi connectivity index (χ3v) is 5.43. The number of nitrogens with one attached hydrogen (secondary N) is 1. The molecule has 4 atom stereocenters. The van der Waals surface area contributed by atoms with Gasteiger partial charge in [-0.1, -0.05) is 40.5 Å². The summed E-state index contributed by atoms with van der Waals surface area (Å²) in [6.07, 6.45) is 7.30. The molecule has 1 aliphatic heterocycles. The van der Waals surface area contributed by atoms with Crippen molar-refractivity contribution in [3.8, 4) is 0 Å². The molecule has 2 aliphatic rings. The number of amides is 1. The number of nitrogens with zero attached hydrogens (tertiary/aromatic N) is 1. The summed E-state index contributed by atoms with van der Waals surface area (Å²) in [4.78, 5) is 15.1. The number of carbonyl (C=O) groups excluding carboxylic acids is 1. The molecule has 1 N–H and O–H groups in total. The fraction of sp³-hybridized carbons (Fsp3) is 0.941. The largest absolute Gasteiger partial charge is 0.322 e. The number of carbonyl (C=O) groups is 1. The van der Waals surface area contributed by atoms with E-state index in [0.29, 0.717) is 17.9 Å². The van der Waals surface area contributed by atoms with E-state index in [2.05, 4.69) is 44.8 Å². The lowest BCUT2D eigenvalue weighted by Crippen LogP contribution is -2.47. The Labute approximate surface area is 124 Å². The highest BCUT2D eigenvalue weighted by Gasteiger charge is 2.49. The van der Waals surface area contributed by atoms with Crippen LogP contribution in [0.2, 0.25) is 0 Å². The zero-order chi connectivity index (χ0) is 14.9. The van der Waals surface area contributed by atoms with Crippen molar-refractivity contribution in [3.63, 3.8) is 0 Å². The molecule has 0 spiro atoms. The van der Waals surface area contributed by atoms with Gasteiger partial charge in [0.25, 0.3) is 0 Å². The quantitative estimate of drug-likeness (QED) is 0.802. The van der Waals surface area contributed by atoms with Crippen LogP contribution in [0.1, 0.15) is 73.1 Å². The molecule has 0 aromatic heterocycles. The smallest absolute Gasteiger partial charge is 0.244 e. The zero-order valence-corrected chi connectivity index (χ0v) is 13.9. The molecule has 0 radical (unpaired) electrons. The monoisotopic (exact) mass is 280 g/mol. The third-order valence-electron chi connectivity index (χ3n) is 5.43. The standard InChI is InChI=1S/C17H32N2O/c1-6-17(5)16(20)19(15(18-17)12(2)3)14-9-7-8-13(4)10-11-14/h12-15,18H,6-11H2,1-5H3. The summed E-state index contributed by atoms with van der Waals surface area (Å²) in [5.74, 6) is 1.62. The average Bonchev–Trinajstić information content (AvgIpc) is 2.55. The first-order valence-corrected chi connectivity index (χ1v) is 8.49. The van der Waals surface area contributed by atoms with E-state index in [1.54, 1.807) is 0 Å². The lowest BCUT2D eigenvalue weighted by molar-refractivity contribution is -0.136. The van der Waals surface area contributed by atoms with Crippen LogP contribution >= 0.6 is 0 Å². The molecular weight excluding hydrogens is 248 g/mol. The van der Waals surface area contributed by atoms with Crippen molar-refractivity contribution >= 4 is 5.91 Å². The van der Waals surface area contributed by atoms with E-state index in [-0.39, 0.29) is 11.7 Å². The van der Waals surface area contributed by atoms with E-state index in [1.807, 2.05) is 0 Å². The van der Waals surface area contributed by atoms with Crippen LogP contribution in [0, 0.1) is 11.8 Å². The summed E-state index contributed by atoms with van der Waals surface area (Å²) in [6, 6.07) is 0.445. The summed E-state index contributed by atoms with van der Waals surface area (Å²) >= 11 is 0. The molecule has 20 heavy (non-hydrogen) atoms. The van der Waals surface area contributed by atoms with Gasteiger partial charge < -0.3 is 4.90 Å².